The van der Waals surface area contributed by atoms with E-state index in [-0.39, 0.29) is 11.7 Å². The summed E-state index contributed by atoms with van der Waals surface area (Å²) in [5.41, 5.74) is 5.14. The zero-order valence-electron chi connectivity index (χ0n) is 16.9. The lowest BCUT2D eigenvalue weighted by Crippen LogP contribution is -2.49. The number of hydrazine groups is 1. The Kier molecular flexibility index (Phi) is 10.0. The van der Waals surface area contributed by atoms with Gasteiger partial charge in [0.25, 0.3) is 11.8 Å². The molecule has 0 aliphatic rings. The number of thiocarbonyl (C=S) groups is 1. The number of carbonyl (C=O) groups is 2. The van der Waals surface area contributed by atoms with Crippen molar-refractivity contribution in [3.05, 3.63) is 52.5 Å². The molecule has 0 aliphatic carbocycles. The van der Waals surface area contributed by atoms with Gasteiger partial charge in [0, 0.05) is 12.7 Å². The summed E-state index contributed by atoms with van der Waals surface area (Å²) < 4.78 is 21.6. The Morgan fingerprint density at radius 3 is 2.39 bits per heavy atom. The van der Waals surface area contributed by atoms with Crippen LogP contribution in [0.15, 0.2) is 46.9 Å². The van der Waals surface area contributed by atoms with Gasteiger partial charge in [-0.2, -0.15) is 0 Å². The highest BCUT2D eigenvalue weighted by Gasteiger charge is 2.12. The fourth-order valence-electron chi connectivity index (χ4n) is 2.24. The standard InChI is InChI=1S/C20H22BrN3O6S/c1-27-9-10-29-15-8-7-13(11-14(15)21)19(26)22-20(31)24-23-18(25)12-30-17-6-4-3-5-16(17)28-2/h3-8,11H,9-10,12H2,1-2H3,(H,23,25)(H2,22,24,26,31). The minimum Gasteiger partial charge on any atom is -0.493 e. The third-order valence-corrected chi connectivity index (χ3v) is 4.53. The summed E-state index contributed by atoms with van der Waals surface area (Å²) in [7, 11) is 3.09. The fourth-order valence-corrected chi connectivity index (χ4v) is 2.88. The number of nitrogens with one attached hydrogen (secondary N) is 3. The zero-order chi connectivity index (χ0) is 22.6. The molecular formula is C20H22BrN3O6S. The Bertz CT molecular complexity index is 928. The summed E-state index contributed by atoms with van der Waals surface area (Å²) in [5.74, 6) is 0.559. The highest BCUT2D eigenvalue weighted by molar-refractivity contribution is 9.10. The van der Waals surface area contributed by atoms with Gasteiger partial charge in [0.15, 0.2) is 23.2 Å². The summed E-state index contributed by atoms with van der Waals surface area (Å²) in [6.07, 6.45) is 0. The number of benzene rings is 2. The smallest absolute Gasteiger partial charge is 0.276 e. The highest BCUT2D eigenvalue weighted by atomic mass is 79.9. The van der Waals surface area contributed by atoms with E-state index in [1.54, 1.807) is 49.6 Å². The van der Waals surface area contributed by atoms with Gasteiger partial charge in [0.05, 0.1) is 18.2 Å². The van der Waals surface area contributed by atoms with E-state index in [1.165, 1.54) is 7.11 Å². The molecule has 0 saturated heterocycles. The van der Waals surface area contributed by atoms with Crippen LogP contribution in [-0.4, -0.2) is 51.0 Å². The topological polar surface area (TPSA) is 107 Å². The Balaban J connectivity index is 1.78. The maximum absolute atomic E-state index is 12.3. The molecule has 0 aromatic heterocycles. The van der Waals surface area contributed by atoms with Crippen LogP contribution in [-0.2, 0) is 9.53 Å². The minimum absolute atomic E-state index is 0.0767. The highest BCUT2D eigenvalue weighted by Crippen LogP contribution is 2.26. The molecule has 0 unspecified atom stereocenters. The first kappa shape index (κ1) is 24.4. The molecule has 0 spiro atoms. The molecule has 0 atom stereocenters. The number of para-hydroxylation sites is 2. The van der Waals surface area contributed by atoms with E-state index in [9.17, 15) is 9.59 Å². The number of rotatable bonds is 9. The monoisotopic (exact) mass is 511 g/mol. The lowest BCUT2D eigenvalue weighted by molar-refractivity contribution is -0.123. The third-order valence-electron chi connectivity index (χ3n) is 3.71. The minimum atomic E-state index is -0.497. The first-order valence-electron chi connectivity index (χ1n) is 9.02. The average molecular weight is 512 g/mol. The van der Waals surface area contributed by atoms with Crippen LogP contribution in [0.4, 0.5) is 0 Å². The van der Waals surface area contributed by atoms with Gasteiger partial charge in [-0.25, -0.2) is 0 Å². The van der Waals surface area contributed by atoms with Crippen LogP contribution in [0.1, 0.15) is 10.4 Å². The molecule has 3 N–H and O–H groups in total. The van der Waals surface area contributed by atoms with Gasteiger partial charge in [0.1, 0.15) is 12.4 Å². The average Bonchev–Trinajstić information content (AvgIpc) is 2.77. The van der Waals surface area contributed by atoms with E-state index in [4.69, 9.17) is 31.2 Å². The Hall–Kier alpha value is -2.89. The molecular weight excluding hydrogens is 490 g/mol. The molecule has 31 heavy (non-hydrogen) atoms. The second kappa shape index (κ2) is 12.7. The van der Waals surface area contributed by atoms with Gasteiger partial charge in [-0.05, 0) is 58.5 Å². The van der Waals surface area contributed by atoms with E-state index in [0.29, 0.717) is 40.5 Å². The maximum atomic E-state index is 12.3. The second-order valence-electron chi connectivity index (χ2n) is 5.88. The molecule has 0 bridgehead atoms. The van der Waals surface area contributed by atoms with Crippen molar-refractivity contribution in [1.82, 2.24) is 16.2 Å². The quantitative estimate of drug-likeness (QED) is 0.267. The van der Waals surface area contributed by atoms with Crippen molar-refractivity contribution in [2.75, 3.05) is 34.0 Å². The molecule has 11 heteroatoms. The van der Waals surface area contributed by atoms with Crippen molar-refractivity contribution in [1.29, 1.82) is 0 Å². The van der Waals surface area contributed by atoms with Crippen molar-refractivity contribution in [3.63, 3.8) is 0 Å². The number of amides is 2. The van der Waals surface area contributed by atoms with Gasteiger partial charge in [-0.1, -0.05) is 12.1 Å². The number of hydrogen-bond acceptors (Lipinski definition) is 7. The molecule has 2 aromatic rings. The van der Waals surface area contributed by atoms with Crippen LogP contribution in [0, 0.1) is 0 Å². The van der Waals surface area contributed by atoms with E-state index >= 15 is 0 Å². The molecule has 0 saturated carbocycles. The van der Waals surface area contributed by atoms with Gasteiger partial charge < -0.3 is 18.9 Å². The maximum Gasteiger partial charge on any atom is 0.276 e. The van der Waals surface area contributed by atoms with Gasteiger partial charge in [-0.3, -0.25) is 25.8 Å². The number of hydrogen-bond donors (Lipinski definition) is 3. The van der Waals surface area contributed by atoms with Crippen molar-refractivity contribution in [2.24, 2.45) is 0 Å². The van der Waals surface area contributed by atoms with Crippen molar-refractivity contribution < 1.29 is 28.5 Å². The van der Waals surface area contributed by atoms with Crippen LogP contribution < -0.4 is 30.4 Å². The molecule has 9 nitrogen and oxygen atoms in total. The van der Waals surface area contributed by atoms with Crippen LogP contribution >= 0.6 is 28.1 Å². The van der Waals surface area contributed by atoms with E-state index in [2.05, 4.69) is 32.1 Å². The van der Waals surface area contributed by atoms with Gasteiger partial charge >= 0.3 is 0 Å². The van der Waals surface area contributed by atoms with Crippen molar-refractivity contribution in [3.8, 4) is 17.2 Å². The third kappa shape index (κ3) is 8.04. The van der Waals surface area contributed by atoms with E-state index < -0.39 is 11.8 Å². The molecule has 0 heterocycles. The second-order valence-corrected chi connectivity index (χ2v) is 7.15. The van der Waals surface area contributed by atoms with Crippen LogP contribution in [0.5, 0.6) is 17.2 Å². The predicted octanol–water partition coefficient (Wildman–Crippen LogP) is 2.20. The number of halogens is 1. The number of carbonyl (C=O) groups excluding carboxylic acids is 2. The molecule has 0 radical (unpaired) electrons. The zero-order valence-corrected chi connectivity index (χ0v) is 19.3. The molecule has 166 valence electrons. The summed E-state index contributed by atoms with van der Waals surface area (Å²) in [6, 6.07) is 11.8. The molecule has 2 aromatic carbocycles. The first-order valence-corrected chi connectivity index (χ1v) is 10.2. The molecule has 0 aliphatic heterocycles. The largest absolute Gasteiger partial charge is 0.493 e. The van der Waals surface area contributed by atoms with E-state index in [1.807, 2.05) is 0 Å². The Labute approximate surface area is 193 Å². The fraction of sp³-hybridized carbons (Fsp3) is 0.250. The van der Waals surface area contributed by atoms with Crippen molar-refractivity contribution in [2.45, 2.75) is 0 Å². The van der Waals surface area contributed by atoms with Gasteiger partial charge in [0.2, 0.25) is 0 Å². The SMILES string of the molecule is COCCOc1ccc(C(=O)NC(=S)NNC(=O)COc2ccccc2OC)cc1Br. The molecule has 2 amide bonds. The van der Waals surface area contributed by atoms with E-state index in [0.717, 1.165) is 0 Å². The lowest BCUT2D eigenvalue weighted by Gasteiger charge is -2.13. The normalized spacial score (nSPS) is 10.0. The van der Waals surface area contributed by atoms with Crippen LogP contribution in [0.2, 0.25) is 0 Å². The lowest BCUT2D eigenvalue weighted by atomic mass is 10.2. The first-order chi connectivity index (χ1) is 14.9. The Morgan fingerprint density at radius 2 is 1.71 bits per heavy atom. The summed E-state index contributed by atoms with van der Waals surface area (Å²) in [4.78, 5) is 24.3. The summed E-state index contributed by atoms with van der Waals surface area (Å²) in [5, 5.41) is 2.39. The van der Waals surface area contributed by atoms with Crippen LogP contribution in [0.25, 0.3) is 0 Å². The summed E-state index contributed by atoms with van der Waals surface area (Å²) >= 11 is 8.38. The van der Waals surface area contributed by atoms with Crippen LogP contribution in [0.3, 0.4) is 0 Å². The van der Waals surface area contributed by atoms with Crippen molar-refractivity contribution >= 4 is 45.1 Å². The Morgan fingerprint density at radius 1 is 0.968 bits per heavy atom. The molecule has 0 fully saturated rings. The number of ether oxygens (including phenoxy) is 4. The summed E-state index contributed by atoms with van der Waals surface area (Å²) in [6.45, 7) is 0.556. The van der Waals surface area contributed by atoms with Gasteiger partial charge in [-0.15, -0.1) is 0 Å². The number of methoxy groups -OCH3 is 2. The molecule has 2 rings (SSSR count). The predicted molar refractivity (Wildman–Crippen MR) is 121 cm³/mol.